The third-order valence-corrected chi connectivity index (χ3v) is 8.56. The van der Waals surface area contributed by atoms with Gasteiger partial charge in [0.2, 0.25) is 0 Å². The Balaban J connectivity index is 1.15. The molecule has 0 saturated carbocycles. The summed E-state index contributed by atoms with van der Waals surface area (Å²) in [6.45, 7) is 4.79. The summed E-state index contributed by atoms with van der Waals surface area (Å²) in [4.78, 5) is 4.91. The maximum Gasteiger partial charge on any atom is 0.129 e. The van der Waals surface area contributed by atoms with Gasteiger partial charge in [-0.25, -0.2) is 0 Å². The predicted octanol–water partition coefficient (Wildman–Crippen LogP) is 9.61. The SMILES string of the molecule is Cc1ccc(COc2ccc3ccccc3c2C=Nc2ccc([C@@H]3Nc4ccc(C)cc4[C@H]4C=CC[C@@H]43)cc2)cc1. The number of benzene rings is 5. The molecule has 3 atom stereocenters. The molecular formula is C38H34N2O. The van der Waals surface area contributed by atoms with Crippen LogP contribution in [0.2, 0.25) is 0 Å². The number of rotatable bonds is 6. The summed E-state index contributed by atoms with van der Waals surface area (Å²) in [5.41, 5.74) is 9.63. The number of anilines is 1. The molecular weight excluding hydrogens is 500 g/mol. The van der Waals surface area contributed by atoms with Crippen molar-refractivity contribution in [1.29, 1.82) is 0 Å². The lowest BCUT2D eigenvalue weighted by molar-refractivity contribution is 0.306. The van der Waals surface area contributed by atoms with E-state index in [1.165, 1.54) is 33.3 Å². The molecule has 3 nitrogen and oxygen atoms in total. The standard InChI is InChI=1S/C38H34N2O/c1-25-10-13-27(14-11-25)24-41-37-21-17-28-6-3-4-7-31(28)35(37)23-39-30-18-15-29(16-19-30)38-33-9-5-8-32(33)34-22-26(2)12-20-36(34)40-38/h3-8,10-23,32-33,38,40H,9,24H2,1-2H3/t32-,33-,38-/m0/s1. The van der Waals surface area contributed by atoms with Crippen molar-refractivity contribution in [3.8, 4) is 5.75 Å². The molecule has 1 aliphatic heterocycles. The lowest BCUT2D eigenvalue weighted by Gasteiger charge is -2.37. The summed E-state index contributed by atoms with van der Waals surface area (Å²) in [7, 11) is 0. The Morgan fingerprint density at radius 3 is 2.51 bits per heavy atom. The molecule has 0 amide bonds. The molecule has 1 aliphatic carbocycles. The molecule has 5 aromatic rings. The third kappa shape index (κ3) is 5.04. The Morgan fingerprint density at radius 2 is 1.66 bits per heavy atom. The maximum atomic E-state index is 6.33. The van der Waals surface area contributed by atoms with Crippen LogP contribution in [0.25, 0.3) is 10.8 Å². The van der Waals surface area contributed by atoms with E-state index in [1.807, 2.05) is 6.21 Å². The van der Waals surface area contributed by atoms with Gasteiger partial charge < -0.3 is 10.1 Å². The van der Waals surface area contributed by atoms with Crippen LogP contribution in [0.5, 0.6) is 5.75 Å². The molecule has 0 radical (unpaired) electrons. The minimum absolute atomic E-state index is 0.281. The largest absolute Gasteiger partial charge is 0.488 e. The van der Waals surface area contributed by atoms with Crippen molar-refractivity contribution in [3.05, 3.63) is 149 Å². The van der Waals surface area contributed by atoms with Crippen molar-refractivity contribution in [3.63, 3.8) is 0 Å². The molecule has 1 heterocycles. The van der Waals surface area contributed by atoms with E-state index in [0.717, 1.165) is 34.4 Å². The van der Waals surface area contributed by atoms with Gasteiger partial charge in [-0.1, -0.05) is 102 Å². The van der Waals surface area contributed by atoms with Gasteiger partial charge in [-0.05, 0) is 77.9 Å². The average Bonchev–Trinajstić information content (AvgIpc) is 3.50. The smallest absolute Gasteiger partial charge is 0.129 e. The van der Waals surface area contributed by atoms with E-state index in [2.05, 4.69) is 134 Å². The Bertz CT molecular complexity index is 1770. The quantitative estimate of drug-likeness (QED) is 0.174. The van der Waals surface area contributed by atoms with E-state index in [-0.39, 0.29) is 6.04 Å². The Hall–Kier alpha value is -4.63. The summed E-state index contributed by atoms with van der Waals surface area (Å²) in [6.07, 6.45) is 7.80. The first-order valence-corrected chi connectivity index (χ1v) is 14.5. The van der Waals surface area contributed by atoms with E-state index in [1.54, 1.807) is 0 Å². The highest BCUT2D eigenvalue weighted by atomic mass is 16.5. The van der Waals surface area contributed by atoms with Gasteiger partial charge in [0, 0.05) is 23.4 Å². The first-order chi connectivity index (χ1) is 20.1. The van der Waals surface area contributed by atoms with Crippen molar-refractivity contribution in [2.24, 2.45) is 10.9 Å². The topological polar surface area (TPSA) is 33.6 Å². The highest BCUT2D eigenvalue weighted by Gasteiger charge is 2.37. The summed E-state index contributed by atoms with van der Waals surface area (Å²) >= 11 is 0. The van der Waals surface area contributed by atoms with Gasteiger partial charge in [-0.2, -0.15) is 0 Å². The minimum Gasteiger partial charge on any atom is -0.488 e. The number of allylic oxidation sites excluding steroid dienone is 2. The number of aryl methyl sites for hydroxylation is 2. The van der Waals surface area contributed by atoms with Crippen molar-refractivity contribution in [2.75, 3.05) is 5.32 Å². The van der Waals surface area contributed by atoms with E-state index in [9.17, 15) is 0 Å². The maximum absolute atomic E-state index is 6.33. The number of hydrogen-bond donors (Lipinski definition) is 1. The number of fused-ring (bicyclic) bond motifs is 4. The number of nitrogens with zero attached hydrogens (tertiary/aromatic N) is 1. The molecule has 0 aromatic heterocycles. The molecule has 0 unspecified atom stereocenters. The molecule has 0 bridgehead atoms. The second-order valence-corrected chi connectivity index (χ2v) is 11.4. The zero-order chi connectivity index (χ0) is 27.8. The van der Waals surface area contributed by atoms with Gasteiger partial charge in [-0.3, -0.25) is 4.99 Å². The van der Waals surface area contributed by atoms with Crippen molar-refractivity contribution in [1.82, 2.24) is 0 Å². The second kappa shape index (κ2) is 10.7. The van der Waals surface area contributed by atoms with Crippen LogP contribution in [0.4, 0.5) is 11.4 Å². The predicted molar refractivity (Wildman–Crippen MR) is 171 cm³/mol. The van der Waals surface area contributed by atoms with Crippen molar-refractivity contribution >= 4 is 28.4 Å². The van der Waals surface area contributed by atoms with E-state index in [0.29, 0.717) is 18.4 Å². The van der Waals surface area contributed by atoms with Crippen molar-refractivity contribution in [2.45, 2.75) is 38.8 Å². The minimum atomic E-state index is 0.281. The molecule has 0 spiro atoms. The number of hydrogen-bond acceptors (Lipinski definition) is 3. The second-order valence-electron chi connectivity index (χ2n) is 11.4. The molecule has 41 heavy (non-hydrogen) atoms. The lowest BCUT2D eigenvalue weighted by atomic mass is 9.76. The Kier molecular flexibility index (Phi) is 6.64. The Morgan fingerprint density at radius 1 is 0.854 bits per heavy atom. The van der Waals surface area contributed by atoms with Crippen LogP contribution in [0.3, 0.4) is 0 Å². The third-order valence-electron chi connectivity index (χ3n) is 8.56. The van der Waals surface area contributed by atoms with Gasteiger partial charge in [0.15, 0.2) is 0 Å². The fourth-order valence-corrected chi connectivity index (χ4v) is 6.33. The molecule has 0 saturated heterocycles. The van der Waals surface area contributed by atoms with Crippen LogP contribution in [0.15, 0.2) is 120 Å². The van der Waals surface area contributed by atoms with Crippen LogP contribution in [-0.2, 0) is 6.61 Å². The van der Waals surface area contributed by atoms with Gasteiger partial charge in [0.25, 0.3) is 0 Å². The molecule has 1 N–H and O–H groups in total. The number of nitrogens with one attached hydrogen (secondary N) is 1. The summed E-state index contributed by atoms with van der Waals surface area (Å²) in [5, 5.41) is 6.16. The molecule has 3 heteroatoms. The number of ether oxygens (including phenoxy) is 1. The molecule has 7 rings (SSSR count). The van der Waals surface area contributed by atoms with Crippen LogP contribution in [0, 0.1) is 19.8 Å². The van der Waals surface area contributed by atoms with Gasteiger partial charge in [0.1, 0.15) is 12.4 Å². The zero-order valence-electron chi connectivity index (χ0n) is 23.5. The Labute approximate surface area is 242 Å². The highest BCUT2D eigenvalue weighted by molar-refractivity contribution is 6.03. The van der Waals surface area contributed by atoms with Gasteiger partial charge in [-0.15, -0.1) is 0 Å². The highest BCUT2D eigenvalue weighted by Crippen LogP contribution is 2.50. The normalized spacial score (nSPS) is 19.2. The fraction of sp³-hybridized carbons (Fsp3) is 0.184. The first-order valence-electron chi connectivity index (χ1n) is 14.5. The molecule has 2 aliphatic rings. The summed E-state index contributed by atoms with van der Waals surface area (Å²) in [6, 6.07) is 36.9. The lowest BCUT2D eigenvalue weighted by Crippen LogP contribution is -2.29. The van der Waals surface area contributed by atoms with E-state index in [4.69, 9.17) is 9.73 Å². The monoisotopic (exact) mass is 534 g/mol. The van der Waals surface area contributed by atoms with E-state index >= 15 is 0 Å². The molecule has 0 fully saturated rings. The van der Waals surface area contributed by atoms with Crippen LogP contribution in [-0.4, -0.2) is 6.21 Å². The average molecular weight is 535 g/mol. The molecule has 5 aromatic carbocycles. The van der Waals surface area contributed by atoms with E-state index < -0.39 is 0 Å². The van der Waals surface area contributed by atoms with Crippen LogP contribution < -0.4 is 10.1 Å². The van der Waals surface area contributed by atoms with Crippen LogP contribution in [0.1, 0.15) is 51.8 Å². The summed E-state index contributed by atoms with van der Waals surface area (Å²) in [5.74, 6) is 1.84. The zero-order valence-corrected chi connectivity index (χ0v) is 23.5. The van der Waals surface area contributed by atoms with Crippen molar-refractivity contribution < 1.29 is 4.74 Å². The fourth-order valence-electron chi connectivity index (χ4n) is 6.33. The molecule has 202 valence electrons. The summed E-state index contributed by atoms with van der Waals surface area (Å²) < 4.78 is 6.33. The van der Waals surface area contributed by atoms with Gasteiger partial charge >= 0.3 is 0 Å². The van der Waals surface area contributed by atoms with Crippen LogP contribution >= 0.6 is 0 Å². The van der Waals surface area contributed by atoms with Gasteiger partial charge in [0.05, 0.1) is 11.7 Å². The first kappa shape index (κ1) is 25.3. The number of aliphatic imine (C=N–C) groups is 1.